The van der Waals surface area contributed by atoms with Gasteiger partial charge in [0, 0.05) is 43.2 Å². The van der Waals surface area contributed by atoms with E-state index in [-0.39, 0.29) is 11.7 Å². The molecule has 1 fully saturated rings. The number of carbonyl (C=O) groups excluding carboxylic acids is 1. The number of rotatable bonds is 5. The minimum Gasteiger partial charge on any atom is -0.368 e. The van der Waals surface area contributed by atoms with Crippen LogP contribution in [0.3, 0.4) is 0 Å². The van der Waals surface area contributed by atoms with Crippen molar-refractivity contribution in [2.24, 2.45) is 5.73 Å². The number of pyridine rings is 1. The molecule has 1 atom stereocenters. The van der Waals surface area contributed by atoms with Crippen LogP contribution in [0, 0.1) is 23.0 Å². The molecule has 11 heteroatoms. The van der Waals surface area contributed by atoms with Crippen LogP contribution in [0.25, 0.3) is 16.8 Å². The molecular weight excluding hydrogens is 504 g/mol. The van der Waals surface area contributed by atoms with Gasteiger partial charge in [-0.25, -0.2) is 8.78 Å². The van der Waals surface area contributed by atoms with Crippen molar-refractivity contribution >= 4 is 17.3 Å². The first-order chi connectivity index (χ1) is 18.9. The van der Waals surface area contributed by atoms with Gasteiger partial charge in [0.25, 0.3) is 11.5 Å². The Labute approximate surface area is 222 Å². The van der Waals surface area contributed by atoms with Gasteiger partial charge in [0.1, 0.15) is 11.4 Å². The van der Waals surface area contributed by atoms with Crippen molar-refractivity contribution in [1.82, 2.24) is 14.8 Å². The van der Waals surface area contributed by atoms with Gasteiger partial charge in [-0.1, -0.05) is 12.1 Å². The first kappa shape index (κ1) is 25.7. The Kier molecular flexibility index (Phi) is 7.12. The molecule has 39 heavy (non-hydrogen) atoms. The van der Waals surface area contributed by atoms with Crippen molar-refractivity contribution in [2.45, 2.75) is 18.9 Å². The van der Waals surface area contributed by atoms with Crippen LogP contribution in [0.1, 0.15) is 28.9 Å². The third-order valence-corrected chi connectivity index (χ3v) is 6.48. The molecule has 0 spiro atoms. The first-order valence-corrected chi connectivity index (χ1v) is 12.2. The van der Waals surface area contributed by atoms with Crippen LogP contribution < -0.4 is 21.5 Å². The highest BCUT2D eigenvalue weighted by atomic mass is 19.1. The van der Waals surface area contributed by atoms with Crippen molar-refractivity contribution in [2.75, 3.05) is 23.3 Å². The van der Waals surface area contributed by atoms with E-state index < -0.39 is 28.8 Å². The molecule has 0 bridgehead atoms. The minimum absolute atomic E-state index is 0.0556. The zero-order chi connectivity index (χ0) is 27.5. The molecule has 0 aliphatic carbocycles. The first-order valence-electron chi connectivity index (χ1n) is 12.2. The van der Waals surface area contributed by atoms with Gasteiger partial charge in [0.05, 0.1) is 23.0 Å². The third-order valence-electron chi connectivity index (χ3n) is 6.48. The normalized spacial score (nSPS) is 15.0. The Morgan fingerprint density at radius 3 is 2.67 bits per heavy atom. The lowest BCUT2D eigenvalue weighted by atomic mass is 9.99. The van der Waals surface area contributed by atoms with Gasteiger partial charge in [0.2, 0.25) is 0 Å². The molecule has 1 saturated heterocycles. The molecule has 2 aromatic carbocycles. The maximum absolute atomic E-state index is 14.3. The van der Waals surface area contributed by atoms with Gasteiger partial charge >= 0.3 is 0 Å². The number of nitrogens with two attached hydrogens (primary N) is 1. The second-order valence-electron chi connectivity index (χ2n) is 9.11. The fourth-order valence-electron chi connectivity index (χ4n) is 4.59. The topological polar surface area (TPSA) is 130 Å². The Bertz CT molecular complexity index is 1640. The van der Waals surface area contributed by atoms with Crippen molar-refractivity contribution < 1.29 is 13.6 Å². The fraction of sp³-hybridized carbons (Fsp3) is 0.179. The number of benzene rings is 2. The highest BCUT2D eigenvalue weighted by Gasteiger charge is 2.23. The molecule has 1 aliphatic heterocycles. The van der Waals surface area contributed by atoms with E-state index in [1.54, 1.807) is 30.6 Å². The molecule has 3 N–H and O–H groups in total. The molecule has 5 rings (SSSR count). The molecule has 196 valence electrons. The Balaban J connectivity index is 1.53. The van der Waals surface area contributed by atoms with E-state index in [1.165, 1.54) is 12.1 Å². The van der Waals surface area contributed by atoms with Crippen LogP contribution in [0.4, 0.5) is 20.2 Å². The maximum atomic E-state index is 14.3. The third kappa shape index (κ3) is 5.23. The zero-order valence-electron chi connectivity index (χ0n) is 20.6. The highest BCUT2D eigenvalue weighted by molar-refractivity contribution is 6.05. The Morgan fingerprint density at radius 2 is 1.92 bits per heavy atom. The monoisotopic (exact) mass is 527 g/mol. The predicted molar refractivity (Wildman–Crippen MR) is 142 cm³/mol. The van der Waals surface area contributed by atoms with Crippen molar-refractivity contribution in [1.29, 1.82) is 5.26 Å². The second kappa shape index (κ2) is 10.8. The summed E-state index contributed by atoms with van der Waals surface area (Å²) in [7, 11) is 0. The zero-order valence-corrected chi connectivity index (χ0v) is 20.6. The molecule has 3 heterocycles. The Hall–Kier alpha value is -4.95. The van der Waals surface area contributed by atoms with Crippen molar-refractivity contribution in [3.05, 3.63) is 100 Å². The van der Waals surface area contributed by atoms with E-state index in [4.69, 9.17) is 5.73 Å². The maximum Gasteiger partial charge on any atom is 0.276 e. The number of nitrogens with one attached hydrogen (secondary N) is 1. The van der Waals surface area contributed by atoms with E-state index in [0.29, 0.717) is 40.3 Å². The molecule has 4 aromatic rings. The summed E-state index contributed by atoms with van der Waals surface area (Å²) in [5.74, 6) is -2.67. The second-order valence-corrected chi connectivity index (χ2v) is 9.11. The summed E-state index contributed by atoms with van der Waals surface area (Å²) in [5.41, 5.74) is 7.48. The standard InChI is InChI=1S/C28H23F2N7O2/c29-21-4-1-5-22(30)27(21)37-26(38)9-8-24(35-37)28(39)34-23-7-6-17(20-15-33-11-10-18(20)14-31)13-25(23)36-12-2-3-19(32)16-36/h1,4-11,13,15,19H,2-3,12,16,32H2,(H,34,39)/t19-/m1/s1. The summed E-state index contributed by atoms with van der Waals surface area (Å²) in [6, 6.07) is 14.4. The number of amides is 1. The Morgan fingerprint density at radius 1 is 1.13 bits per heavy atom. The number of hydrogen-bond donors (Lipinski definition) is 2. The fourth-order valence-corrected chi connectivity index (χ4v) is 4.59. The number of halogens is 2. The number of aromatic nitrogens is 3. The average Bonchev–Trinajstić information content (AvgIpc) is 2.94. The number of nitriles is 1. The van der Waals surface area contributed by atoms with Crippen molar-refractivity contribution in [3.63, 3.8) is 0 Å². The molecule has 0 unspecified atom stereocenters. The lowest BCUT2D eigenvalue weighted by molar-refractivity contribution is 0.102. The van der Waals surface area contributed by atoms with E-state index in [1.807, 2.05) is 6.07 Å². The number of anilines is 2. The lowest BCUT2D eigenvalue weighted by Crippen LogP contribution is -2.43. The summed E-state index contributed by atoms with van der Waals surface area (Å²) >= 11 is 0. The van der Waals surface area contributed by atoms with Gasteiger partial charge < -0.3 is 16.0 Å². The van der Waals surface area contributed by atoms with Crippen LogP contribution in [-0.2, 0) is 0 Å². The SMILES string of the molecule is N#Cc1ccncc1-c1ccc(NC(=O)c2ccc(=O)n(-c3c(F)cccc3F)n2)c(N2CCC[C@@H](N)C2)c1. The van der Waals surface area contributed by atoms with Crippen LogP contribution in [0.15, 0.2) is 71.8 Å². The number of carbonyl (C=O) groups is 1. The minimum atomic E-state index is -0.992. The van der Waals surface area contributed by atoms with E-state index in [2.05, 4.69) is 26.4 Å². The summed E-state index contributed by atoms with van der Waals surface area (Å²) in [6.07, 6.45) is 4.88. The van der Waals surface area contributed by atoms with Crippen LogP contribution in [-0.4, -0.2) is 39.8 Å². The quantitative estimate of drug-likeness (QED) is 0.405. The van der Waals surface area contributed by atoms with Crippen molar-refractivity contribution in [3.8, 4) is 22.9 Å². The molecule has 9 nitrogen and oxygen atoms in total. The summed E-state index contributed by atoms with van der Waals surface area (Å²) in [6.45, 7) is 1.26. The highest BCUT2D eigenvalue weighted by Crippen LogP contribution is 2.34. The van der Waals surface area contributed by atoms with Crippen LogP contribution in [0.2, 0.25) is 0 Å². The number of para-hydroxylation sites is 1. The number of hydrogen-bond acceptors (Lipinski definition) is 7. The van der Waals surface area contributed by atoms with Crippen LogP contribution >= 0.6 is 0 Å². The van der Waals surface area contributed by atoms with Crippen LogP contribution in [0.5, 0.6) is 0 Å². The smallest absolute Gasteiger partial charge is 0.276 e. The largest absolute Gasteiger partial charge is 0.368 e. The summed E-state index contributed by atoms with van der Waals surface area (Å²) in [4.78, 5) is 31.8. The van der Waals surface area contributed by atoms with Gasteiger partial charge in [-0.2, -0.15) is 15.0 Å². The number of piperidine rings is 1. The van der Waals surface area contributed by atoms with Gasteiger partial charge in [-0.3, -0.25) is 14.6 Å². The molecule has 0 radical (unpaired) electrons. The summed E-state index contributed by atoms with van der Waals surface area (Å²) < 4.78 is 29.2. The van der Waals surface area contributed by atoms with Gasteiger partial charge in [-0.15, -0.1) is 0 Å². The predicted octanol–water partition coefficient (Wildman–Crippen LogP) is 3.62. The lowest BCUT2D eigenvalue weighted by Gasteiger charge is -2.34. The molecular formula is C28H23F2N7O2. The van der Waals surface area contributed by atoms with E-state index in [9.17, 15) is 23.6 Å². The molecule has 2 aromatic heterocycles. The average molecular weight is 528 g/mol. The molecule has 0 saturated carbocycles. The van der Waals surface area contributed by atoms with E-state index >= 15 is 0 Å². The van der Waals surface area contributed by atoms with E-state index in [0.717, 1.165) is 36.6 Å². The number of nitrogens with zero attached hydrogens (tertiary/aromatic N) is 5. The molecule has 1 aliphatic rings. The van der Waals surface area contributed by atoms with Gasteiger partial charge in [0.15, 0.2) is 11.6 Å². The van der Waals surface area contributed by atoms with Gasteiger partial charge in [-0.05, 0) is 54.8 Å². The summed E-state index contributed by atoms with van der Waals surface area (Å²) in [5, 5.41) is 16.3. The molecule has 1 amide bonds.